The largest absolute Gasteiger partial charge is 0.495 e. The van der Waals surface area contributed by atoms with Crippen LogP contribution >= 0.6 is 12.4 Å². The monoisotopic (exact) mass is 304 g/mol. The Morgan fingerprint density at radius 3 is 2.53 bits per heavy atom. The van der Waals surface area contributed by atoms with Crippen molar-refractivity contribution >= 4 is 22.4 Å². The van der Waals surface area contributed by atoms with Crippen molar-refractivity contribution in [2.75, 3.05) is 20.2 Å². The average Bonchev–Trinajstić information content (AvgIpc) is 2.80. The van der Waals surface area contributed by atoms with Gasteiger partial charge in [0.15, 0.2) is 0 Å². The number of para-hydroxylation sites is 1. The summed E-state index contributed by atoms with van der Waals surface area (Å²) in [7, 11) is -2.01. The van der Waals surface area contributed by atoms with Gasteiger partial charge in [-0.2, -0.15) is 0 Å². The van der Waals surface area contributed by atoms with Crippen LogP contribution < -0.4 is 14.8 Å². The van der Waals surface area contributed by atoms with E-state index in [0.717, 1.165) is 13.1 Å². The fourth-order valence-corrected chi connectivity index (χ4v) is 4.19. The zero-order chi connectivity index (χ0) is 12.8. The molecule has 0 bridgehead atoms. The standard InChI is InChI=1S/C12H16N2O3S.ClH/c1-17-10-4-2-3-5-11(10)18(15,16)14-12-8-6-13-7-9(8)12;/h2-5,8-9,12-14H,6-7H2,1H3;1H. The predicted octanol–water partition coefficient (Wildman–Crippen LogP) is 0.613. The number of fused-ring (bicyclic) bond motifs is 1. The Hall–Kier alpha value is -0.820. The zero-order valence-electron chi connectivity index (χ0n) is 10.5. The van der Waals surface area contributed by atoms with Crippen LogP contribution in [0.3, 0.4) is 0 Å². The molecule has 1 aliphatic carbocycles. The Labute approximate surface area is 119 Å². The molecule has 0 radical (unpaired) electrons. The van der Waals surface area contributed by atoms with E-state index in [9.17, 15) is 8.42 Å². The van der Waals surface area contributed by atoms with E-state index in [-0.39, 0.29) is 23.3 Å². The molecule has 0 aromatic heterocycles. The maximum atomic E-state index is 12.3. The number of benzene rings is 1. The van der Waals surface area contributed by atoms with Gasteiger partial charge >= 0.3 is 0 Å². The van der Waals surface area contributed by atoms with Gasteiger partial charge in [0, 0.05) is 6.04 Å². The maximum absolute atomic E-state index is 12.3. The summed E-state index contributed by atoms with van der Waals surface area (Å²) in [4.78, 5) is 0.213. The number of sulfonamides is 1. The molecule has 2 unspecified atom stereocenters. The van der Waals surface area contributed by atoms with Crippen molar-refractivity contribution in [3.63, 3.8) is 0 Å². The number of piperidine rings is 1. The third kappa shape index (κ3) is 2.58. The van der Waals surface area contributed by atoms with Crippen molar-refractivity contribution in [3.8, 4) is 5.75 Å². The Morgan fingerprint density at radius 1 is 1.26 bits per heavy atom. The smallest absolute Gasteiger partial charge is 0.244 e. The molecule has 0 amide bonds. The summed E-state index contributed by atoms with van der Waals surface area (Å²) in [5.41, 5.74) is 0. The summed E-state index contributed by atoms with van der Waals surface area (Å²) in [6.45, 7) is 1.81. The van der Waals surface area contributed by atoms with E-state index < -0.39 is 10.0 Å². The molecule has 1 aromatic carbocycles. The van der Waals surface area contributed by atoms with E-state index >= 15 is 0 Å². The van der Waals surface area contributed by atoms with Gasteiger partial charge in [-0.3, -0.25) is 0 Å². The van der Waals surface area contributed by atoms with Crippen LogP contribution in [0.25, 0.3) is 0 Å². The Bertz CT molecular complexity index is 554. The van der Waals surface area contributed by atoms with Crippen molar-refractivity contribution in [2.45, 2.75) is 10.9 Å². The molecule has 1 saturated carbocycles. The molecule has 5 nitrogen and oxygen atoms in total. The highest BCUT2D eigenvalue weighted by Crippen LogP contribution is 2.42. The fraction of sp³-hybridized carbons (Fsp3) is 0.500. The van der Waals surface area contributed by atoms with Gasteiger partial charge in [-0.05, 0) is 37.1 Å². The van der Waals surface area contributed by atoms with Gasteiger partial charge in [0.05, 0.1) is 7.11 Å². The quantitative estimate of drug-likeness (QED) is 0.855. The molecular weight excluding hydrogens is 288 g/mol. The first kappa shape index (κ1) is 14.6. The molecule has 2 atom stereocenters. The van der Waals surface area contributed by atoms with Crippen LogP contribution in [0.15, 0.2) is 29.2 Å². The molecule has 2 fully saturated rings. The van der Waals surface area contributed by atoms with Crippen LogP contribution in [0.5, 0.6) is 5.75 Å². The maximum Gasteiger partial charge on any atom is 0.244 e. The predicted molar refractivity (Wildman–Crippen MR) is 74.2 cm³/mol. The number of ether oxygens (including phenoxy) is 1. The molecule has 3 rings (SSSR count). The van der Waals surface area contributed by atoms with Gasteiger partial charge in [-0.15, -0.1) is 12.4 Å². The number of methoxy groups -OCH3 is 1. The third-order valence-electron chi connectivity index (χ3n) is 3.74. The fourth-order valence-electron chi connectivity index (χ4n) is 2.68. The summed E-state index contributed by atoms with van der Waals surface area (Å²) in [6.07, 6.45) is 0. The second kappa shape index (κ2) is 5.28. The van der Waals surface area contributed by atoms with Gasteiger partial charge in [0.25, 0.3) is 0 Å². The van der Waals surface area contributed by atoms with Gasteiger partial charge in [-0.25, -0.2) is 13.1 Å². The van der Waals surface area contributed by atoms with E-state index in [0.29, 0.717) is 17.6 Å². The topological polar surface area (TPSA) is 67.4 Å². The summed E-state index contributed by atoms with van der Waals surface area (Å²) in [6, 6.07) is 6.77. The van der Waals surface area contributed by atoms with Crippen LogP contribution in [-0.4, -0.2) is 34.7 Å². The number of rotatable bonds is 4. The van der Waals surface area contributed by atoms with E-state index in [2.05, 4.69) is 10.0 Å². The minimum absolute atomic E-state index is 0. The minimum Gasteiger partial charge on any atom is -0.495 e. The summed E-state index contributed by atoms with van der Waals surface area (Å²) < 4.78 is 32.4. The van der Waals surface area contributed by atoms with E-state index in [1.54, 1.807) is 24.3 Å². The molecule has 0 spiro atoms. The van der Waals surface area contributed by atoms with E-state index in [4.69, 9.17) is 4.74 Å². The highest BCUT2D eigenvalue weighted by molar-refractivity contribution is 7.89. The number of nitrogens with one attached hydrogen (secondary N) is 2. The van der Waals surface area contributed by atoms with Gasteiger partial charge in [0.2, 0.25) is 10.0 Å². The lowest BCUT2D eigenvalue weighted by Crippen LogP contribution is -2.32. The van der Waals surface area contributed by atoms with Crippen molar-refractivity contribution in [3.05, 3.63) is 24.3 Å². The number of hydrogen-bond acceptors (Lipinski definition) is 4. The van der Waals surface area contributed by atoms with Gasteiger partial charge in [0.1, 0.15) is 10.6 Å². The average molecular weight is 305 g/mol. The molecule has 19 heavy (non-hydrogen) atoms. The number of hydrogen-bond donors (Lipinski definition) is 2. The minimum atomic E-state index is -3.48. The molecule has 106 valence electrons. The Kier molecular flexibility index (Phi) is 4.06. The molecule has 7 heteroatoms. The lowest BCUT2D eigenvalue weighted by molar-refractivity contribution is 0.402. The van der Waals surface area contributed by atoms with Crippen molar-refractivity contribution in [1.82, 2.24) is 10.0 Å². The Morgan fingerprint density at radius 2 is 1.89 bits per heavy atom. The summed E-state index contributed by atoms with van der Waals surface area (Å²) >= 11 is 0. The second-order valence-corrected chi connectivity index (χ2v) is 6.47. The van der Waals surface area contributed by atoms with Crippen LogP contribution in [-0.2, 0) is 10.0 Å². The first-order chi connectivity index (χ1) is 8.63. The zero-order valence-corrected chi connectivity index (χ0v) is 12.1. The normalized spacial score (nSPS) is 28.4. The first-order valence-electron chi connectivity index (χ1n) is 5.99. The van der Waals surface area contributed by atoms with Crippen LogP contribution in [0.2, 0.25) is 0 Å². The molecule has 1 saturated heterocycles. The number of halogens is 1. The molecule has 2 N–H and O–H groups in total. The molecule has 1 heterocycles. The lowest BCUT2D eigenvalue weighted by atomic mass is 10.3. The van der Waals surface area contributed by atoms with Crippen LogP contribution in [0.1, 0.15) is 0 Å². The van der Waals surface area contributed by atoms with E-state index in [1.807, 2.05) is 0 Å². The highest BCUT2D eigenvalue weighted by Gasteiger charge is 2.54. The third-order valence-corrected chi connectivity index (χ3v) is 5.24. The first-order valence-corrected chi connectivity index (χ1v) is 7.48. The molecule has 1 aromatic rings. The van der Waals surface area contributed by atoms with Crippen LogP contribution in [0, 0.1) is 11.8 Å². The summed E-state index contributed by atoms with van der Waals surface area (Å²) in [5.74, 6) is 1.29. The lowest BCUT2D eigenvalue weighted by Gasteiger charge is -2.11. The van der Waals surface area contributed by atoms with Crippen LogP contribution in [0.4, 0.5) is 0 Å². The highest BCUT2D eigenvalue weighted by atomic mass is 35.5. The summed E-state index contributed by atoms with van der Waals surface area (Å²) in [5, 5.41) is 3.24. The van der Waals surface area contributed by atoms with Gasteiger partial charge < -0.3 is 10.1 Å². The second-order valence-electron chi connectivity index (χ2n) is 4.78. The molecule has 1 aliphatic heterocycles. The molecular formula is C12H17ClN2O3S. The van der Waals surface area contributed by atoms with Crippen molar-refractivity contribution < 1.29 is 13.2 Å². The van der Waals surface area contributed by atoms with Gasteiger partial charge in [-0.1, -0.05) is 12.1 Å². The van der Waals surface area contributed by atoms with Crippen molar-refractivity contribution in [1.29, 1.82) is 0 Å². The Balaban J connectivity index is 0.00000133. The van der Waals surface area contributed by atoms with Crippen molar-refractivity contribution in [2.24, 2.45) is 11.8 Å². The molecule has 2 aliphatic rings. The van der Waals surface area contributed by atoms with E-state index in [1.165, 1.54) is 7.11 Å². The SMILES string of the molecule is COc1ccccc1S(=O)(=O)NC1C2CNCC21.Cl.